The summed E-state index contributed by atoms with van der Waals surface area (Å²) in [6.45, 7) is 1.75. The van der Waals surface area contributed by atoms with Gasteiger partial charge in [0, 0.05) is 37.1 Å². The van der Waals surface area contributed by atoms with E-state index in [9.17, 15) is 10.1 Å². The maximum atomic E-state index is 11.2. The van der Waals surface area contributed by atoms with E-state index >= 15 is 0 Å². The highest BCUT2D eigenvalue weighted by atomic mass is 16.6. The summed E-state index contributed by atoms with van der Waals surface area (Å²) >= 11 is 0. The number of nitro benzene ring substituents is 1. The number of piperidine rings is 1. The monoisotopic (exact) mass is 272 g/mol. The van der Waals surface area contributed by atoms with E-state index in [1.807, 2.05) is 6.07 Å². The summed E-state index contributed by atoms with van der Waals surface area (Å²) in [5, 5.41) is 11.2. The molecular weight excluding hydrogens is 256 g/mol. The number of rotatable bonds is 3. The zero-order valence-corrected chi connectivity index (χ0v) is 11.1. The van der Waals surface area contributed by atoms with E-state index in [2.05, 4.69) is 14.9 Å². The van der Waals surface area contributed by atoms with E-state index in [1.165, 1.54) is 6.42 Å². The number of H-pyrrole nitrogens is 1. The second kappa shape index (κ2) is 5.32. The molecule has 1 aromatic carbocycles. The largest absolute Gasteiger partial charge is 0.366 e. The molecule has 2 heterocycles. The van der Waals surface area contributed by atoms with Crippen LogP contribution in [-0.4, -0.2) is 28.0 Å². The third-order valence-corrected chi connectivity index (χ3v) is 3.64. The van der Waals surface area contributed by atoms with Crippen LogP contribution < -0.4 is 4.90 Å². The lowest BCUT2D eigenvalue weighted by Crippen LogP contribution is -2.29. The minimum absolute atomic E-state index is 0.169. The number of nitrogens with zero attached hydrogens (tertiary/aromatic N) is 3. The van der Waals surface area contributed by atoms with Gasteiger partial charge in [0.05, 0.1) is 4.92 Å². The number of anilines is 1. The van der Waals surface area contributed by atoms with Crippen LogP contribution in [0, 0.1) is 10.1 Å². The smallest absolute Gasteiger partial charge is 0.292 e. The van der Waals surface area contributed by atoms with Gasteiger partial charge in [-0.3, -0.25) is 10.1 Å². The lowest BCUT2D eigenvalue weighted by atomic mass is 10.1. The van der Waals surface area contributed by atoms with E-state index < -0.39 is 0 Å². The molecular formula is C14H16N4O2. The van der Waals surface area contributed by atoms with Gasteiger partial charge in [0.1, 0.15) is 11.5 Å². The molecule has 3 rings (SSSR count). The Morgan fingerprint density at radius 1 is 1.25 bits per heavy atom. The molecule has 1 aliphatic rings. The third kappa shape index (κ3) is 2.36. The van der Waals surface area contributed by atoms with Crippen molar-refractivity contribution in [2.75, 3.05) is 18.0 Å². The predicted octanol–water partition coefficient (Wildman–Crippen LogP) is 2.98. The van der Waals surface area contributed by atoms with Gasteiger partial charge in [0.25, 0.3) is 5.69 Å². The van der Waals surface area contributed by atoms with E-state index in [0.717, 1.165) is 37.3 Å². The maximum absolute atomic E-state index is 11.2. The summed E-state index contributed by atoms with van der Waals surface area (Å²) < 4.78 is 0. The van der Waals surface area contributed by atoms with Crippen molar-refractivity contribution in [3.8, 4) is 11.4 Å². The zero-order valence-electron chi connectivity index (χ0n) is 11.1. The number of nitro groups is 1. The summed E-state index contributed by atoms with van der Waals surface area (Å²) in [7, 11) is 0. The molecule has 1 aliphatic heterocycles. The first-order valence-corrected chi connectivity index (χ1v) is 6.79. The van der Waals surface area contributed by atoms with E-state index in [0.29, 0.717) is 5.69 Å². The normalized spacial score (nSPS) is 15.3. The van der Waals surface area contributed by atoms with Crippen molar-refractivity contribution in [2.24, 2.45) is 0 Å². The molecule has 0 bridgehead atoms. The first kappa shape index (κ1) is 12.7. The first-order valence-electron chi connectivity index (χ1n) is 6.79. The summed E-state index contributed by atoms with van der Waals surface area (Å²) in [5.41, 5.74) is 1.74. The van der Waals surface area contributed by atoms with Gasteiger partial charge in [0.2, 0.25) is 0 Å². The Labute approximate surface area is 116 Å². The molecule has 0 atom stereocenters. The SMILES string of the molecule is O=[N+]([O-])c1ccc(-c2ncc[nH]2)cc1N1CCCCC1. The fraction of sp³-hybridized carbons (Fsp3) is 0.357. The van der Waals surface area contributed by atoms with Gasteiger partial charge in [-0.1, -0.05) is 0 Å². The van der Waals surface area contributed by atoms with Crippen molar-refractivity contribution in [1.82, 2.24) is 9.97 Å². The molecule has 6 nitrogen and oxygen atoms in total. The van der Waals surface area contributed by atoms with E-state index in [4.69, 9.17) is 0 Å². The van der Waals surface area contributed by atoms with Crippen LogP contribution in [0.25, 0.3) is 11.4 Å². The number of aromatic nitrogens is 2. The lowest BCUT2D eigenvalue weighted by Gasteiger charge is -2.28. The molecule has 0 aliphatic carbocycles. The molecule has 20 heavy (non-hydrogen) atoms. The average molecular weight is 272 g/mol. The number of imidazole rings is 1. The Morgan fingerprint density at radius 2 is 2.05 bits per heavy atom. The molecule has 0 amide bonds. The minimum atomic E-state index is -0.310. The second-order valence-electron chi connectivity index (χ2n) is 4.95. The van der Waals surface area contributed by atoms with Crippen LogP contribution in [0.2, 0.25) is 0 Å². The minimum Gasteiger partial charge on any atom is -0.366 e. The van der Waals surface area contributed by atoms with E-state index in [1.54, 1.807) is 24.5 Å². The standard InChI is InChI=1S/C14H16N4O2/c19-18(20)12-5-4-11(14-15-6-7-16-14)10-13(12)17-8-2-1-3-9-17/h4-7,10H,1-3,8-9H2,(H,15,16). The van der Waals surface area contributed by atoms with Crippen molar-refractivity contribution < 1.29 is 4.92 Å². The zero-order chi connectivity index (χ0) is 13.9. The van der Waals surface area contributed by atoms with Crippen LogP contribution in [0.15, 0.2) is 30.6 Å². The molecule has 6 heteroatoms. The van der Waals surface area contributed by atoms with Crippen LogP contribution in [-0.2, 0) is 0 Å². The van der Waals surface area contributed by atoms with Crippen molar-refractivity contribution in [3.63, 3.8) is 0 Å². The van der Waals surface area contributed by atoms with Gasteiger partial charge in [0.15, 0.2) is 0 Å². The Hall–Kier alpha value is -2.37. The van der Waals surface area contributed by atoms with Crippen molar-refractivity contribution >= 4 is 11.4 Å². The highest BCUT2D eigenvalue weighted by Gasteiger charge is 2.22. The van der Waals surface area contributed by atoms with Crippen LogP contribution in [0.5, 0.6) is 0 Å². The topological polar surface area (TPSA) is 75.1 Å². The molecule has 2 aromatic rings. The summed E-state index contributed by atoms with van der Waals surface area (Å²) in [5.74, 6) is 0.734. The predicted molar refractivity (Wildman–Crippen MR) is 76.7 cm³/mol. The van der Waals surface area contributed by atoms with Crippen LogP contribution in [0.3, 0.4) is 0 Å². The Morgan fingerprint density at radius 3 is 2.70 bits per heavy atom. The van der Waals surface area contributed by atoms with Gasteiger partial charge in [-0.15, -0.1) is 0 Å². The molecule has 0 unspecified atom stereocenters. The fourth-order valence-corrected chi connectivity index (χ4v) is 2.64. The molecule has 0 radical (unpaired) electrons. The number of hydrogen-bond donors (Lipinski definition) is 1. The number of nitrogens with one attached hydrogen (secondary N) is 1. The van der Waals surface area contributed by atoms with Crippen LogP contribution >= 0.6 is 0 Å². The number of aromatic amines is 1. The molecule has 1 aromatic heterocycles. The van der Waals surface area contributed by atoms with Gasteiger partial charge < -0.3 is 9.88 Å². The molecule has 0 saturated carbocycles. The molecule has 104 valence electrons. The molecule has 1 N–H and O–H groups in total. The van der Waals surface area contributed by atoms with Crippen molar-refractivity contribution in [1.29, 1.82) is 0 Å². The van der Waals surface area contributed by atoms with Crippen molar-refractivity contribution in [3.05, 3.63) is 40.7 Å². The van der Waals surface area contributed by atoms with Crippen molar-refractivity contribution in [2.45, 2.75) is 19.3 Å². The molecule has 1 fully saturated rings. The van der Waals surface area contributed by atoms with Gasteiger partial charge in [-0.2, -0.15) is 0 Å². The fourth-order valence-electron chi connectivity index (χ4n) is 2.64. The molecule has 0 spiro atoms. The number of benzene rings is 1. The average Bonchev–Trinajstić information content (AvgIpc) is 3.02. The van der Waals surface area contributed by atoms with Gasteiger partial charge in [-0.05, 0) is 31.4 Å². The van der Waals surface area contributed by atoms with Gasteiger partial charge in [-0.25, -0.2) is 4.98 Å². The van der Waals surface area contributed by atoms with Gasteiger partial charge >= 0.3 is 0 Å². The number of hydrogen-bond acceptors (Lipinski definition) is 4. The molecule has 1 saturated heterocycles. The quantitative estimate of drug-likeness (QED) is 0.688. The summed E-state index contributed by atoms with van der Waals surface area (Å²) in [6, 6.07) is 5.18. The first-order chi connectivity index (χ1) is 9.75. The maximum Gasteiger partial charge on any atom is 0.292 e. The van der Waals surface area contributed by atoms with Crippen LogP contribution in [0.4, 0.5) is 11.4 Å². The Kier molecular flexibility index (Phi) is 3.37. The highest BCUT2D eigenvalue weighted by Crippen LogP contribution is 2.33. The second-order valence-corrected chi connectivity index (χ2v) is 4.95. The lowest BCUT2D eigenvalue weighted by molar-refractivity contribution is -0.384. The van der Waals surface area contributed by atoms with E-state index in [-0.39, 0.29) is 10.6 Å². The summed E-state index contributed by atoms with van der Waals surface area (Å²) in [6.07, 6.45) is 6.79. The Balaban J connectivity index is 2.03. The highest BCUT2D eigenvalue weighted by molar-refractivity contribution is 5.72. The third-order valence-electron chi connectivity index (χ3n) is 3.64. The Bertz CT molecular complexity index is 604. The summed E-state index contributed by atoms with van der Waals surface area (Å²) in [4.78, 5) is 20.2. The van der Waals surface area contributed by atoms with Crippen LogP contribution in [0.1, 0.15) is 19.3 Å².